The van der Waals surface area contributed by atoms with Crippen LogP contribution in [0.2, 0.25) is 5.02 Å². The highest BCUT2D eigenvalue weighted by atomic mass is 35.5. The molecule has 0 atom stereocenters. The van der Waals surface area contributed by atoms with Gasteiger partial charge in [0, 0.05) is 18.2 Å². The zero-order valence-electron chi connectivity index (χ0n) is 19.3. The van der Waals surface area contributed by atoms with Gasteiger partial charge in [-0.2, -0.15) is 13.2 Å². The topological polar surface area (TPSA) is 109 Å². The number of carbonyl (C=O) groups excluding carboxylic acids is 1. The molecule has 0 aliphatic carbocycles. The van der Waals surface area contributed by atoms with Crippen LogP contribution in [0.15, 0.2) is 88.1 Å². The van der Waals surface area contributed by atoms with Crippen molar-refractivity contribution < 1.29 is 36.8 Å². The minimum atomic E-state index is -5.10. The molecule has 196 valence electrons. The van der Waals surface area contributed by atoms with Gasteiger partial charge in [-0.25, -0.2) is 4.79 Å². The number of nitro groups is 1. The summed E-state index contributed by atoms with van der Waals surface area (Å²) < 4.78 is 57.4. The molecular weight excluding hydrogens is 543 g/mol. The number of nitro benzene ring substituents is 1. The third-order valence-corrected chi connectivity index (χ3v) is 5.93. The molecule has 1 heterocycles. The molecule has 0 saturated heterocycles. The highest BCUT2D eigenvalue weighted by Gasteiger charge is 2.40. The van der Waals surface area contributed by atoms with E-state index in [1.807, 2.05) is 6.07 Å². The van der Waals surface area contributed by atoms with Crippen molar-refractivity contribution in [3.8, 4) is 17.2 Å². The number of ether oxygens (including phenoxy) is 2. The van der Waals surface area contributed by atoms with E-state index in [0.29, 0.717) is 5.39 Å². The number of alkyl halides is 3. The van der Waals surface area contributed by atoms with Crippen molar-refractivity contribution in [2.24, 2.45) is 0 Å². The SMILES string of the molecule is O=C(Oc1ccc2c(=O)c(Oc3ccc4ccccc4c3)c(C(F)(F)F)oc2c1)c1ccc([N+](=O)[O-])cc1Cl. The Labute approximate surface area is 220 Å². The molecule has 12 heteroatoms. The first kappa shape index (κ1) is 25.7. The van der Waals surface area contributed by atoms with Crippen LogP contribution in [-0.2, 0) is 6.18 Å². The first-order chi connectivity index (χ1) is 18.5. The van der Waals surface area contributed by atoms with Gasteiger partial charge in [0.1, 0.15) is 17.1 Å². The average molecular weight is 556 g/mol. The minimum Gasteiger partial charge on any atom is -0.449 e. The monoisotopic (exact) mass is 555 g/mol. The van der Waals surface area contributed by atoms with Crippen molar-refractivity contribution in [1.29, 1.82) is 0 Å². The van der Waals surface area contributed by atoms with E-state index in [-0.39, 0.29) is 33.2 Å². The predicted octanol–water partition coefficient (Wildman–Crippen LogP) is 7.54. The number of carbonyl (C=O) groups is 1. The van der Waals surface area contributed by atoms with Crippen LogP contribution in [0, 0.1) is 10.1 Å². The highest BCUT2D eigenvalue weighted by Crippen LogP contribution is 2.39. The normalized spacial score (nSPS) is 11.5. The van der Waals surface area contributed by atoms with E-state index in [4.69, 9.17) is 25.5 Å². The molecule has 0 N–H and O–H groups in total. The van der Waals surface area contributed by atoms with Crippen molar-refractivity contribution in [2.75, 3.05) is 0 Å². The van der Waals surface area contributed by atoms with Crippen LogP contribution in [-0.4, -0.2) is 10.9 Å². The Kier molecular flexibility index (Phi) is 6.44. The summed E-state index contributed by atoms with van der Waals surface area (Å²) in [6, 6.07) is 17.9. The summed E-state index contributed by atoms with van der Waals surface area (Å²) in [7, 11) is 0. The van der Waals surface area contributed by atoms with Crippen molar-refractivity contribution >= 4 is 45.0 Å². The van der Waals surface area contributed by atoms with Crippen LogP contribution in [0.3, 0.4) is 0 Å². The van der Waals surface area contributed by atoms with Crippen molar-refractivity contribution in [3.05, 3.63) is 116 Å². The number of benzene rings is 4. The summed E-state index contributed by atoms with van der Waals surface area (Å²) in [4.78, 5) is 35.8. The third kappa shape index (κ3) is 5.12. The molecule has 0 saturated carbocycles. The fourth-order valence-corrected chi connectivity index (χ4v) is 4.05. The number of hydrogen-bond donors (Lipinski definition) is 0. The number of halogens is 4. The standard InChI is InChI=1S/C27H13ClF3NO7/c28-21-12-16(32(35)36)6-9-19(21)26(34)38-18-8-10-20-22(13-18)39-25(27(29,30)31)24(23(20)33)37-17-7-5-14-3-1-2-4-15(14)11-17/h1-13H. The molecule has 0 aliphatic rings. The Morgan fingerprint density at radius 1 is 0.923 bits per heavy atom. The van der Waals surface area contributed by atoms with E-state index in [2.05, 4.69) is 0 Å². The number of esters is 1. The number of non-ortho nitro benzene ring substituents is 1. The lowest BCUT2D eigenvalue weighted by Crippen LogP contribution is -2.15. The first-order valence-electron chi connectivity index (χ1n) is 11.0. The largest absolute Gasteiger partial charge is 0.453 e. The van der Waals surface area contributed by atoms with E-state index in [1.165, 1.54) is 18.2 Å². The third-order valence-electron chi connectivity index (χ3n) is 5.61. The molecule has 39 heavy (non-hydrogen) atoms. The Bertz CT molecular complexity index is 1850. The second-order valence-corrected chi connectivity index (χ2v) is 8.57. The van der Waals surface area contributed by atoms with Crippen molar-refractivity contribution in [3.63, 3.8) is 0 Å². The quantitative estimate of drug-likeness (QED) is 0.0953. The van der Waals surface area contributed by atoms with E-state index < -0.39 is 39.6 Å². The van der Waals surface area contributed by atoms with Crippen LogP contribution in [0.25, 0.3) is 21.7 Å². The van der Waals surface area contributed by atoms with Gasteiger partial charge < -0.3 is 13.9 Å². The molecule has 0 spiro atoms. The second-order valence-electron chi connectivity index (χ2n) is 8.17. The zero-order valence-corrected chi connectivity index (χ0v) is 20.1. The molecule has 0 aliphatic heterocycles. The van der Waals surface area contributed by atoms with E-state index in [0.717, 1.165) is 35.7 Å². The molecule has 0 radical (unpaired) electrons. The van der Waals surface area contributed by atoms with Gasteiger partial charge in [-0.1, -0.05) is 41.9 Å². The molecule has 8 nitrogen and oxygen atoms in total. The maximum absolute atomic E-state index is 13.9. The van der Waals surface area contributed by atoms with Crippen molar-refractivity contribution in [2.45, 2.75) is 6.18 Å². The van der Waals surface area contributed by atoms with Gasteiger partial charge in [0.15, 0.2) is 0 Å². The van der Waals surface area contributed by atoms with Gasteiger partial charge in [-0.15, -0.1) is 0 Å². The Hall–Kier alpha value is -4.90. The zero-order chi connectivity index (χ0) is 27.9. The molecule has 0 bridgehead atoms. The van der Waals surface area contributed by atoms with Gasteiger partial charge in [0.05, 0.1) is 20.9 Å². The molecule has 5 aromatic rings. The Balaban J connectivity index is 1.52. The summed E-state index contributed by atoms with van der Waals surface area (Å²) in [5.74, 6) is -4.02. The predicted molar refractivity (Wildman–Crippen MR) is 135 cm³/mol. The van der Waals surface area contributed by atoms with Crippen LogP contribution < -0.4 is 14.9 Å². The Morgan fingerprint density at radius 3 is 2.33 bits per heavy atom. The van der Waals surface area contributed by atoms with Gasteiger partial charge >= 0.3 is 12.1 Å². The van der Waals surface area contributed by atoms with Gasteiger partial charge in [-0.05, 0) is 41.1 Å². The molecule has 0 fully saturated rings. The number of rotatable bonds is 5. The van der Waals surface area contributed by atoms with Gasteiger partial charge in [0.2, 0.25) is 11.2 Å². The smallest absolute Gasteiger partial charge is 0.449 e. The summed E-state index contributed by atoms with van der Waals surface area (Å²) in [5, 5.41) is 11.8. The minimum absolute atomic E-state index is 0.00335. The maximum atomic E-state index is 13.9. The van der Waals surface area contributed by atoms with E-state index >= 15 is 0 Å². The summed E-state index contributed by atoms with van der Waals surface area (Å²) >= 11 is 5.93. The molecule has 0 amide bonds. The average Bonchev–Trinajstić information content (AvgIpc) is 2.89. The fourth-order valence-electron chi connectivity index (χ4n) is 3.79. The van der Waals surface area contributed by atoms with Crippen LogP contribution >= 0.6 is 11.6 Å². The lowest BCUT2D eigenvalue weighted by atomic mass is 10.1. The summed E-state index contributed by atoms with van der Waals surface area (Å²) in [6.07, 6.45) is -5.10. The van der Waals surface area contributed by atoms with Crippen molar-refractivity contribution in [1.82, 2.24) is 0 Å². The van der Waals surface area contributed by atoms with E-state index in [1.54, 1.807) is 24.3 Å². The van der Waals surface area contributed by atoms with Gasteiger partial charge in [0.25, 0.3) is 11.4 Å². The first-order valence-corrected chi connectivity index (χ1v) is 11.4. The van der Waals surface area contributed by atoms with Crippen LogP contribution in [0.4, 0.5) is 18.9 Å². The lowest BCUT2D eigenvalue weighted by molar-refractivity contribution is -0.384. The highest BCUT2D eigenvalue weighted by molar-refractivity contribution is 6.33. The number of hydrogen-bond acceptors (Lipinski definition) is 7. The lowest BCUT2D eigenvalue weighted by Gasteiger charge is -2.14. The molecular formula is C27H13ClF3NO7. The fraction of sp³-hybridized carbons (Fsp3) is 0.0370. The van der Waals surface area contributed by atoms with Crippen LogP contribution in [0.5, 0.6) is 17.2 Å². The number of nitrogens with zero attached hydrogens (tertiary/aromatic N) is 1. The Morgan fingerprint density at radius 2 is 1.64 bits per heavy atom. The molecule has 1 aromatic heterocycles. The van der Waals surface area contributed by atoms with E-state index in [9.17, 15) is 32.9 Å². The molecule has 0 unspecified atom stereocenters. The van der Waals surface area contributed by atoms with Gasteiger partial charge in [-0.3, -0.25) is 14.9 Å². The number of fused-ring (bicyclic) bond motifs is 2. The summed E-state index contributed by atoms with van der Waals surface area (Å²) in [6.45, 7) is 0. The van der Waals surface area contributed by atoms with Crippen LogP contribution in [0.1, 0.15) is 16.1 Å². The molecule has 4 aromatic carbocycles. The second kappa shape index (κ2) is 9.76. The summed E-state index contributed by atoms with van der Waals surface area (Å²) in [5.41, 5.74) is -2.18. The maximum Gasteiger partial charge on any atom is 0.453 e. The molecule has 5 rings (SSSR count).